The Bertz CT molecular complexity index is 833. The van der Waals surface area contributed by atoms with Gasteiger partial charge in [-0.1, -0.05) is 6.42 Å². The second-order valence-corrected chi connectivity index (χ2v) is 9.63. The summed E-state index contributed by atoms with van der Waals surface area (Å²) in [6.07, 6.45) is 4.62. The van der Waals surface area contributed by atoms with E-state index in [-0.39, 0.29) is 25.1 Å². The van der Waals surface area contributed by atoms with E-state index in [0.717, 1.165) is 51.4 Å². The van der Waals surface area contributed by atoms with Crippen LogP contribution in [0.25, 0.3) is 0 Å². The molecule has 0 aromatic heterocycles. The summed E-state index contributed by atoms with van der Waals surface area (Å²) in [5.74, 6) is 4.93. The number of likely N-dealkylation sites (tertiary alicyclic amines) is 1. The van der Waals surface area contributed by atoms with E-state index in [2.05, 4.69) is 5.32 Å². The molecule has 3 rings (SSSR count). The summed E-state index contributed by atoms with van der Waals surface area (Å²) in [7, 11) is 0. The summed E-state index contributed by atoms with van der Waals surface area (Å²) >= 11 is 0. The van der Waals surface area contributed by atoms with Crippen LogP contribution in [0, 0.1) is 23.5 Å². The topological polar surface area (TPSA) is 117 Å². The number of rotatable bonds is 10. The van der Waals surface area contributed by atoms with Gasteiger partial charge in [0.15, 0.2) is 0 Å². The van der Waals surface area contributed by atoms with E-state index in [1.165, 1.54) is 17.1 Å². The smallest absolute Gasteiger partial charge is 0.404 e. The Kier molecular flexibility index (Phi) is 11.1. The normalized spacial score (nSPS) is 21.5. The number of carboxylic acid groups (broad SMARTS) is 1. The molecular weight excluding hydrogens is 474 g/mol. The first kappa shape index (κ1) is 28.1. The highest BCUT2D eigenvalue weighted by molar-refractivity contribution is 5.73. The van der Waals surface area contributed by atoms with Crippen molar-refractivity contribution in [3.8, 4) is 0 Å². The minimum Gasteiger partial charge on any atom is -0.465 e. The number of nitrogens with one attached hydrogen (secondary N) is 1. The molecule has 2 heterocycles. The van der Waals surface area contributed by atoms with Gasteiger partial charge in [-0.15, -0.1) is 0 Å². The number of nitrogens with two attached hydrogens (primary N) is 1. The Morgan fingerprint density at radius 1 is 1.22 bits per heavy atom. The first-order chi connectivity index (χ1) is 17.3. The van der Waals surface area contributed by atoms with Gasteiger partial charge in [0, 0.05) is 51.4 Å². The summed E-state index contributed by atoms with van der Waals surface area (Å²) in [5.41, 5.74) is 0.317. The zero-order valence-electron chi connectivity index (χ0n) is 20.7. The maximum absolute atomic E-state index is 14.0. The molecule has 2 fully saturated rings. The van der Waals surface area contributed by atoms with Crippen molar-refractivity contribution in [2.24, 2.45) is 17.7 Å². The Morgan fingerprint density at radius 3 is 2.75 bits per heavy atom. The molecule has 2 saturated heterocycles. The number of benzene rings is 1. The quantitative estimate of drug-likeness (QED) is 0.190. The van der Waals surface area contributed by atoms with E-state index in [0.29, 0.717) is 44.0 Å². The molecular formula is C25H38F2N4O5. The van der Waals surface area contributed by atoms with Crippen LogP contribution in [-0.2, 0) is 9.47 Å². The van der Waals surface area contributed by atoms with E-state index >= 15 is 0 Å². The van der Waals surface area contributed by atoms with Gasteiger partial charge in [0.25, 0.3) is 0 Å². The average Bonchev–Trinajstić information content (AvgIpc) is 3.11. The fourth-order valence-electron chi connectivity index (χ4n) is 5.04. The van der Waals surface area contributed by atoms with Crippen LogP contribution in [0.1, 0.15) is 56.6 Å². The van der Waals surface area contributed by atoms with Crippen molar-refractivity contribution in [2.75, 3.05) is 46.0 Å². The number of piperidine rings is 1. The lowest BCUT2D eigenvalue weighted by atomic mass is 9.88. The third-order valence-corrected chi connectivity index (χ3v) is 6.81. The SMILES string of the molecule is NN(CCCC1CCCCOC1)C(=O)N1CCCC([C@@H](OCCNC(=O)O)c2cc(F)cc(F)c2)C1. The number of carbonyl (C=O) groups excluding carboxylic acids is 1. The van der Waals surface area contributed by atoms with Crippen molar-refractivity contribution in [1.82, 2.24) is 15.2 Å². The van der Waals surface area contributed by atoms with Crippen LogP contribution < -0.4 is 11.2 Å². The summed E-state index contributed by atoms with van der Waals surface area (Å²) < 4.78 is 39.4. The number of hydrogen-bond donors (Lipinski definition) is 3. The van der Waals surface area contributed by atoms with Crippen LogP contribution in [-0.4, -0.2) is 73.1 Å². The Labute approximate surface area is 210 Å². The number of nitrogens with zero attached hydrogens (tertiary/aromatic N) is 2. The van der Waals surface area contributed by atoms with Gasteiger partial charge in [0.1, 0.15) is 11.6 Å². The van der Waals surface area contributed by atoms with Gasteiger partial charge >= 0.3 is 12.1 Å². The molecule has 1 aromatic rings. The third-order valence-electron chi connectivity index (χ3n) is 6.81. The molecule has 202 valence electrons. The van der Waals surface area contributed by atoms with Crippen LogP contribution in [0.3, 0.4) is 0 Å². The van der Waals surface area contributed by atoms with Gasteiger partial charge < -0.3 is 24.8 Å². The highest BCUT2D eigenvalue weighted by Crippen LogP contribution is 2.34. The molecule has 2 aliphatic rings. The molecule has 0 aliphatic carbocycles. The van der Waals surface area contributed by atoms with E-state index in [1.807, 2.05) is 0 Å². The maximum atomic E-state index is 14.0. The fourth-order valence-corrected chi connectivity index (χ4v) is 5.04. The molecule has 1 aromatic carbocycles. The Balaban J connectivity index is 1.58. The molecule has 0 bridgehead atoms. The lowest BCUT2D eigenvalue weighted by molar-refractivity contribution is -0.0108. The van der Waals surface area contributed by atoms with E-state index < -0.39 is 23.8 Å². The molecule has 2 aliphatic heterocycles. The predicted molar refractivity (Wildman–Crippen MR) is 129 cm³/mol. The lowest BCUT2D eigenvalue weighted by Crippen LogP contribution is -2.51. The highest BCUT2D eigenvalue weighted by atomic mass is 19.1. The minimum atomic E-state index is -1.18. The maximum Gasteiger partial charge on any atom is 0.404 e. The largest absolute Gasteiger partial charge is 0.465 e. The number of urea groups is 1. The molecule has 4 N–H and O–H groups in total. The zero-order valence-corrected chi connectivity index (χ0v) is 20.7. The van der Waals surface area contributed by atoms with Crippen molar-refractivity contribution in [2.45, 2.75) is 51.0 Å². The molecule has 0 saturated carbocycles. The average molecular weight is 513 g/mol. The van der Waals surface area contributed by atoms with Crippen LogP contribution in [0.4, 0.5) is 18.4 Å². The number of ether oxygens (including phenoxy) is 2. The fraction of sp³-hybridized carbons (Fsp3) is 0.680. The van der Waals surface area contributed by atoms with Crippen LogP contribution in [0.15, 0.2) is 18.2 Å². The zero-order chi connectivity index (χ0) is 25.9. The van der Waals surface area contributed by atoms with Crippen molar-refractivity contribution in [1.29, 1.82) is 0 Å². The van der Waals surface area contributed by atoms with E-state index in [9.17, 15) is 18.4 Å². The number of halogens is 2. The first-order valence-corrected chi connectivity index (χ1v) is 12.8. The number of hydrogen-bond acceptors (Lipinski definition) is 5. The standard InChI is InChI=1S/C25H38F2N4O5/c26-21-13-20(14-22(27)15-21)23(36-12-8-29-24(32)33)19-7-4-9-30(16-19)25(34)31(28)10-3-6-18-5-1-2-11-35-17-18/h13-15,18-19,23,29H,1-12,16-17,28H2,(H,32,33)/t18?,19?,23-/m1/s1. The Morgan fingerprint density at radius 2 is 2.00 bits per heavy atom. The number of amides is 3. The molecule has 3 atom stereocenters. The monoisotopic (exact) mass is 512 g/mol. The second-order valence-electron chi connectivity index (χ2n) is 9.63. The van der Waals surface area contributed by atoms with Crippen molar-refractivity contribution >= 4 is 12.1 Å². The van der Waals surface area contributed by atoms with Gasteiger partial charge in [-0.2, -0.15) is 0 Å². The van der Waals surface area contributed by atoms with Crippen LogP contribution in [0.5, 0.6) is 0 Å². The van der Waals surface area contributed by atoms with Gasteiger partial charge in [0.2, 0.25) is 0 Å². The van der Waals surface area contributed by atoms with Crippen LogP contribution in [0.2, 0.25) is 0 Å². The molecule has 0 spiro atoms. The lowest BCUT2D eigenvalue weighted by Gasteiger charge is -2.38. The number of carbonyl (C=O) groups is 2. The van der Waals surface area contributed by atoms with Crippen molar-refractivity contribution in [3.05, 3.63) is 35.4 Å². The molecule has 36 heavy (non-hydrogen) atoms. The third kappa shape index (κ3) is 8.86. The van der Waals surface area contributed by atoms with E-state index in [1.54, 1.807) is 4.90 Å². The van der Waals surface area contributed by atoms with E-state index in [4.69, 9.17) is 20.4 Å². The van der Waals surface area contributed by atoms with Gasteiger partial charge in [0.05, 0.1) is 12.7 Å². The Hall–Kier alpha value is -2.50. The molecule has 2 unspecified atom stereocenters. The summed E-state index contributed by atoms with van der Waals surface area (Å²) in [5, 5.41) is 12.2. The summed E-state index contributed by atoms with van der Waals surface area (Å²) in [6, 6.07) is 2.93. The van der Waals surface area contributed by atoms with Crippen molar-refractivity contribution < 1.29 is 33.0 Å². The first-order valence-electron chi connectivity index (χ1n) is 12.8. The minimum absolute atomic E-state index is 0.0213. The van der Waals surface area contributed by atoms with Gasteiger partial charge in [-0.05, 0) is 62.1 Å². The van der Waals surface area contributed by atoms with Crippen LogP contribution >= 0.6 is 0 Å². The van der Waals surface area contributed by atoms with Gasteiger partial charge in [-0.3, -0.25) is 5.01 Å². The molecule has 3 amide bonds. The van der Waals surface area contributed by atoms with Gasteiger partial charge in [-0.25, -0.2) is 24.2 Å². The molecule has 9 nitrogen and oxygen atoms in total. The second kappa shape index (κ2) is 14.3. The summed E-state index contributed by atoms with van der Waals surface area (Å²) in [4.78, 5) is 25.4. The molecule has 11 heteroatoms. The summed E-state index contributed by atoms with van der Waals surface area (Å²) in [6.45, 7) is 2.91. The highest BCUT2D eigenvalue weighted by Gasteiger charge is 2.33. The predicted octanol–water partition coefficient (Wildman–Crippen LogP) is 3.89. The number of hydrazine groups is 1. The van der Waals surface area contributed by atoms with Crippen molar-refractivity contribution in [3.63, 3.8) is 0 Å². The molecule has 0 radical (unpaired) electrons.